The Hall–Kier alpha value is -2.11. The summed E-state index contributed by atoms with van der Waals surface area (Å²) in [5, 5.41) is 13.5. The van der Waals surface area contributed by atoms with Crippen molar-refractivity contribution in [3.05, 3.63) is 27.8 Å². The lowest BCUT2D eigenvalue weighted by Crippen LogP contribution is -2.11. The Bertz CT molecular complexity index is 528. The summed E-state index contributed by atoms with van der Waals surface area (Å²) in [6, 6.07) is 2.91. The average Bonchev–Trinajstić information content (AvgIpc) is 2.65. The van der Waals surface area contributed by atoms with E-state index >= 15 is 0 Å². The number of hydrogen-bond acceptors (Lipinski definition) is 4. The van der Waals surface area contributed by atoms with E-state index in [2.05, 4.69) is 12.2 Å². The molecule has 1 heterocycles. The number of anilines is 2. The van der Waals surface area contributed by atoms with Crippen molar-refractivity contribution in [3.63, 3.8) is 0 Å². The van der Waals surface area contributed by atoms with E-state index in [1.165, 1.54) is 6.07 Å². The average molecular weight is 263 g/mol. The standard InChI is InChI=1S/C13H17N3O3/c1-2-3-4-5-8-9-6-10(14)12(16(18)19)7-11(9)15-13(8)17/h6-8H,2-5,14H2,1H3,(H,15,17). The molecule has 1 aromatic carbocycles. The topological polar surface area (TPSA) is 98.3 Å². The van der Waals surface area contributed by atoms with Crippen molar-refractivity contribution in [2.24, 2.45) is 0 Å². The Labute approximate surface area is 111 Å². The van der Waals surface area contributed by atoms with Crippen LogP contribution in [0.25, 0.3) is 0 Å². The van der Waals surface area contributed by atoms with E-state index in [1.807, 2.05) is 0 Å². The number of unbranched alkanes of at least 4 members (excludes halogenated alkanes) is 2. The minimum absolute atomic E-state index is 0.0917. The van der Waals surface area contributed by atoms with E-state index in [0.29, 0.717) is 5.69 Å². The number of nitrogens with two attached hydrogens (primary N) is 1. The van der Waals surface area contributed by atoms with Gasteiger partial charge in [0.2, 0.25) is 5.91 Å². The molecule has 19 heavy (non-hydrogen) atoms. The molecule has 0 radical (unpaired) electrons. The van der Waals surface area contributed by atoms with Crippen LogP contribution in [0.3, 0.4) is 0 Å². The number of nitrogen functional groups attached to an aromatic ring is 1. The first-order valence-electron chi connectivity index (χ1n) is 6.43. The molecule has 0 saturated carbocycles. The monoisotopic (exact) mass is 263 g/mol. The Kier molecular flexibility index (Phi) is 3.69. The maximum absolute atomic E-state index is 11.9. The quantitative estimate of drug-likeness (QED) is 0.369. The van der Waals surface area contributed by atoms with E-state index in [-0.39, 0.29) is 23.2 Å². The molecule has 0 fully saturated rings. The molecule has 0 aliphatic carbocycles. The maximum atomic E-state index is 11.9. The van der Waals surface area contributed by atoms with E-state index in [0.717, 1.165) is 31.2 Å². The molecule has 1 aliphatic heterocycles. The predicted octanol–water partition coefficient (Wildman–Crippen LogP) is 2.79. The van der Waals surface area contributed by atoms with Crippen molar-refractivity contribution in [1.29, 1.82) is 0 Å². The molecule has 0 spiro atoms. The molecule has 1 aliphatic rings. The number of rotatable bonds is 5. The van der Waals surface area contributed by atoms with Crippen molar-refractivity contribution in [2.75, 3.05) is 11.1 Å². The van der Waals surface area contributed by atoms with E-state index in [9.17, 15) is 14.9 Å². The van der Waals surface area contributed by atoms with Gasteiger partial charge in [0.05, 0.1) is 16.5 Å². The molecular formula is C13H17N3O3. The first-order valence-corrected chi connectivity index (χ1v) is 6.43. The maximum Gasteiger partial charge on any atom is 0.294 e. The van der Waals surface area contributed by atoms with Crippen LogP contribution in [0.5, 0.6) is 0 Å². The number of nitrogens with one attached hydrogen (secondary N) is 1. The van der Waals surface area contributed by atoms with Crippen molar-refractivity contribution >= 4 is 23.0 Å². The number of hydrogen-bond donors (Lipinski definition) is 2. The van der Waals surface area contributed by atoms with Crippen LogP contribution in [-0.2, 0) is 4.79 Å². The highest BCUT2D eigenvalue weighted by atomic mass is 16.6. The third-order valence-corrected chi connectivity index (χ3v) is 3.44. The Morgan fingerprint density at radius 2 is 2.16 bits per heavy atom. The van der Waals surface area contributed by atoms with Gasteiger partial charge in [0.15, 0.2) is 0 Å². The minimum Gasteiger partial charge on any atom is -0.393 e. The zero-order valence-corrected chi connectivity index (χ0v) is 10.8. The van der Waals surface area contributed by atoms with Gasteiger partial charge in [-0.1, -0.05) is 26.2 Å². The van der Waals surface area contributed by atoms with Crippen LogP contribution < -0.4 is 11.1 Å². The molecular weight excluding hydrogens is 246 g/mol. The van der Waals surface area contributed by atoms with Crippen LogP contribution >= 0.6 is 0 Å². The minimum atomic E-state index is -0.536. The summed E-state index contributed by atoms with van der Waals surface area (Å²) in [6.07, 6.45) is 3.88. The molecule has 1 atom stereocenters. The SMILES string of the molecule is CCCCCC1C(=O)Nc2cc([N+](=O)[O-])c(N)cc21. The van der Waals surface area contributed by atoms with Crippen LogP contribution in [0, 0.1) is 10.1 Å². The van der Waals surface area contributed by atoms with Gasteiger partial charge in [-0.2, -0.15) is 0 Å². The van der Waals surface area contributed by atoms with Gasteiger partial charge in [-0.15, -0.1) is 0 Å². The number of carbonyl (C=O) groups excluding carboxylic acids is 1. The van der Waals surface area contributed by atoms with E-state index in [1.54, 1.807) is 6.07 Å². The lowest BCUT2D eigenvalue weighted by Gasteiger charge is -2.08. The molecule has 6 heteroatoms. The Morgan fingerprint density at radius 1 is 1.42 bits per heavy atom. The number of carbonyl (C=O) groups is 1. The molecule has 0 aromatic heterocycles. The first kappa shape index (κ1) is 13.3. The number of nitrogens with zero attached hydrogens (tertiary/aromatic N) is 1. The third-order valence-electron chi connectivity index (χ3n) is 3.44. The molecule has 0 saturated heterocycles. The predicted molar refractivity (Wildman–Crippen MR) is 73.0 cm³/mol. The lowest BCUT2D eigenvalue weighted by atomic mass is 9.94. The molecule has 3 N–H and O–H groups in total. The molecule has 0 bridgehead atoms. The second-order valence-corrected chi connectivity index (χ2v) is 4.79. The Morgan fingerprint density at radius 3 is 2.79 bits per heavy atom. The van der Waals surface area contributed by atoms with Crippen molar-refractivity contribution in [2.45, 2.75) is 38.5 Å². The van der Waals surface area contributed by atoms with Gasteiger partial charge in [0.1, 0.15) is 5.69 Å². The van der Waals surface area contributed by atoms with Crippen LogP contribution in [0.4, 0.5) is 17.1 Å². The van der Waals surface area contributed by atoms with Gasteiger partial charge in [-0.3, -0.25) is 14.9 Å². The summed E-state index contributed by atoms with van der Waals surface area (Å²) in [5.41, 5.74) is 6.93. The van der Waals surface area contributed by atoms with Crippen molar-refractivity contribution in [1.82, 2.24) is 0 Å². The van der Waals surface area contributed by atoms with Gasteiger partial charge >= 0.3 is 0 Å². The second-order valence-electron chi connectivity index (χ2n) is 4.79. The smallest absolute Gasteiger partial charge is 0.294 e. The number of nitro groups is 1. The van der Waals surface area contributed by atoms with Gasteiger partial charge in [0, 0.05) is 6.07 Å². The number of nitro benzene ring substituents is 1. The highest BCUT2D eigenvalue weighted by Crippen LogP contribution is 2.40. The first-order chi connectivity index (χ1) is 9.04. The van der Waals surface area contributed by atoms with Crippen molar-refractivity contribution < 1.29 is 9.72 Å². The van der Waals surface area contributed by atoms with Crippen molar-refractivity contribution in [3.8, 4) is 0 Å². The fraction of sp³-hybridized carbons (Fsp3) is 0.462. The van der Waals surface area contributed by atoms with E-state index in [4.69, 9.17) is 5.73 Å². The largest absolute Gasteiger partial charge is 0.393 e. The highest BCUT2D eigenvalue weighted by molar-refractivity contribution is 6.04. The number of fused-ring (bicyclic) bond motifs is 1. The normalized spacial score (nSPS) is 17.1. The van der Waals surface area contributed by atoms with Gasteiger partial charge < -0.3 is 11.1 Å². The zero-order chi connectivity index (χ0) is 14.0. The second kappa shape index (κ2) is 5.26. The molecule has 2 rings (SSSR count). The summed E-state index contributed by atoms with van der Waals surface area (Å²) < 4.78 is 0. The third kappa shape index (κ3) is 2.52. The Balaban J connectivity index is 2.28. The molecule has 6 nitrogen and oxygen atoms in total. The van der Waals surface area contributed by atoms with E-state index < -0.39 is 4.92 Å². The summed E-state index contributed by atoms with van der Waals surface area (Å²) >= 11 is 0. The van der Waals surface area contributed by atoms with Gasteiger partial charge in [-0.05, 0) is 18.1 Å². The molecule has 1 amide bonds. The summed E-state index contributed by atoms with van der Waals surface area (Å²) in [6.45, 7) is 2.10. The van der Waals surface area contributed by atoms with Crippen LogP contribution in [0.15, 0.2) is 12.1 Å². The molecule has 1 aromatic rings. The van der Waals surface area contributed by atoms with Gasteiger partial charge in [0.25, 0.3) is 5.69 Å². The van der Waals surface area contributed by atoms with Crippen LogP contribution in [0.1, 0.15) is 44.1 Å². The molecule has 1 unspecified atom stereocenters. The van der Waals surface area contributed by atoms with Crippen LogP contribution in [0.2, 0.25) is 0 Å². The zero-order valence-electron chi connectivity index (χ0n) is 10.8. The fourth-order valence-electron chi connectivity index (χ4n) is 2.42. The number of benzene rings is 1. The summed E-state index contributed by atoms with van der Waals surface area (Å²) in [4.78, 5) is 22.2. The highest BCUT2D eigenvalue weighted by Gasteiger charge is 2.32. The van der Waals surface area contributed by atoms with Crippen LogP contribution in [-0.4, -0.2) is 10.8 Å². The van der Waals surface area contributed by atoms with Gasteiger partial charge in [-0.25, -0.2) is 0 Å². The fourth-order valence-corrected chi connectivity index (χ4v) is 2.42. The summed E-state index contributed by atoms with van der Waals surface area (Å²) in [5.74, 6) is -0.323. The molecule has 102 valence electrons. The lowest BCUT2D eigenvalue weighted by molar-refractivity contribution is -0.383. The summed E-state index contributed by atoms with van der Waals surface area (Å²) in [7, 11) is 0. The number of amides is 1.